The second-order valence-electron chi connectivity index (χ2n) is 21.8. The summed E-state index contributed by atoms with van der Waals surface area (Å²) in [5.74, 6) is -13.1. The standard InChI is InChI=1S/C56H93N13O15/c1-12-29(6)42(53(80)64-39(27-71)51(78)69-45-33(10)84-56(83)44(31(8)14-3)68-47(74)35(21-18-24-57)61-46(73)32(9)60-55(45)82)67-54(81)43(30(7)13-2)66-48(75)36(22-23-40(58)72)62-50(77)38(26-70)63-52(79)41(28(4)5)65-49(76)37(59-11)25-34-19-16-15-17-20-34/h15-17,19-20,28-33,35-39,41-45,59,70-71H,12-14,18,21-27,57H2,1-11H3,(H2,58,72)(H,60,82)(H,61,73)(H,62,77)(H,63,79)(H,64,80)(H,65,76)(H,66,75)(H,67,81)(H,68,74)(H,69,78)/t29-,30+,31-,32-,33-,35-,36+,37+,38-,39-,41-,42-,43+,44-,45+/m0/s1. The van der Waals surface area contributed by atoms with E-state index in [0.717, 1.165) is 5.56 Å². The molecule has 0 aliphatic carbocycles. The van der Waals surface area contributed by atoms with Gasteiger partial charge in [-0.25, -0.2) is 4.79 Å². The van der Waals surface area contributed by atoms with Crippen LogP contribution in [0.3, 0.4) is 0 Å². The molecule has 0 saturated carbocycles. The molecule has 0 bridgehead atoms. The number of aliphatic hydroxyl groups excluding tert-OH is 2. The lowest BCUT2D eigenvalue weighted by atomic mass is 9.94. The molecule has 1 heterocycles. The molecule has 0 unspecified atom stereocenters. The first-order valence-corrected chi connectivity index (χ1v) is 28.8. The van der Waals surface area contributed by atoms with Crippen LogP contribution in [0.15, 0.2) is 30.3 Å². The van der Waals surface area contributed by atoms with Gasteiger partial charge in [-0.2, -0.15) is 0 Å². The summed E-state index contributed by atoms with van der Waals surface area (Å²) in [6, 6.07) is -6.17. The predicted octanol–water partition coefficient (Wildman–Crippen LogP) is -3.59. The molecule has 28 heteroatoms. The zero-order chi connectivity index (χ0) is 63.5. The van der Waals surface area contributed by atoms with Crippen LogP contribution in [0.25, 0.3) is 0 Å². The summed E-state index contributed by atoms with van der Waals surface area (Å²) >= 11 is 0. The number of carbonyl (C=O) groups excluding carboxylic acids is 12. The van der Waals surface area contributed by atoms with Crippen LogP contribution in [0.2, 0.25) is 0 Å². The third-order valence-electron chi connectivity index (χ3n) is 14.9. The predicted molar refractivity (Wildman–Crippen MR) is 308 cm³/mol. The van der Waals surface area contributed by atoms with E-state index in [1.54, 1.807) is 62.4 Å². The zero-order valence-corrected chi connectivity index (χ0v) is 50.3. The smallest absolute Gasteiger partial charge is 0.329 e. The van der Waals surface area contributed by atoms with E-state index in [0.29, 0.717) is 19.3 Å². The fourth-order valence-corrected chi connectivity index (χ4v) is 8.76. The van der Waals surface area contributed by atoms with Crippen molar-refractivity contribution in [1.82, 2.24) is 58.5 Å². The Morgan fingerprint density at radius 1 is 0.619 bits per heavy atom. The average Bonchev–Trinajstić information content (AvgIpc) is 3.46. The molecule has 1 aliphatic rings. The van der Waals surface area contributed by atoms with Crippen LogP contribution < -0.4 is 70.0 Å². The summed E-state index contributed by atoms with van der Waals surface area (Å²) in [6.07, 6.45) is -0.669. The first-order chi connectivity index (χ1) is 39.6. The molecule has 0 aromatic heterocycles. The molecule has 0 radical (unpaired) electrons. The third-order valence-corrected chi connectivity index (χ3v) is 14.9. The van der Waals surface area contributed by atoms with E-state index in [1.165, 1.54) is 13.8 Å². The van der Waals surface area contributed by atoms with Gasteiger partial charge in [0.2, 0.25) is 65.0 Å². The fourth-order valence-electron chi connectivity index (χ4n) is 8.76. The van der Waals surface area contributed by atoms with Gasteiger partial charge < -0.3 is 84.9 Å². The van der Waals surface area contributed by atoms with Crippen molar-refractivity contribution in [3.8, 4) is 0 Å². The van der Waals surface area contributed by atoms with Crippen molar-refractivity contribution in [3.05, 3.63) is 35.9 Å². The second kappa shape index (κ2) is 36.4. The van der Waals surface area contributed by atoms with Crippen LogP contribution >= 0.6 is 0 Å². The van der Waals surface area contributed by atoms with Gasteiger partial charge in [0.15, 0.2) is 0 Å². The van der Waals surface area contributed by atoms with E-state index in [-0.39, 0.29) is 25.8 Å². The molecule has 28 nitrogen and oxygen atoms in total. The molecule has 84 heavy (non-hydrogen) atoms. The molecule has 472 valence electrons. The zero-order valence-electron chi connectivity index (χ0n) is 50.3. The van der Waals surface area contributed by atoms with Crippen LogP contribution in [-0.4, -0.2) is 181 Å². The Morgan fingerprint density at radius 3 is 1.63 bits per heavy atom. The quantitative estimate of drug-likeness (QED) is 0.0310. The molecule has 15 atom stereocenters. The number of amides is 11. The minimum Gasteiger partial charge on any atom is -0.458 e. The maximum atomic E-state index is 14.3. The van der Waals surface area contributed by atoms with Crippen molar-refractivity contribution in [2.24, 2.45) is 35.1 Å². The van der Waals surface area contributed by atoms with Gasteiger partial charge in [0, 0.05) is 6.42 Å². The number of nitrogens with two attached hydrogens (primary N) is 2. The Labute approximate surface area is 491 Å². The highest BCUT2D eigenvalue weighted by Crippen LogP contribution is 2.17. The van der Waals surface area contributed by atoms with E-state index >= 15 is 0 Å². The van der Waals surface area contributed by atoms with Crippen molar-refractivity contribution < 1.29 is 72.5 Å². The van der Waals surface area contributed by atoms with E-state index < -0.39 is 193 Å². The van der Waals surface area contributed by atoms with Crippen molar-refractivity contribution in [1.29, 1.82) is 0 Å². The second-order valence-corrected chi connectivity index (χ2v) is 21.8. The number of primary amides is 1. The number of rotatable bonds is 32. The Hall–Kier alpha value is -7.30. The van der Waals surface area contributed by atoms with Gasteiger partial charge >= 0.3 is 5.97 Å². The van der Waals surface area contributed by atoms with Gasteiger partial charge in [0.05, 0.1) is 19.3 Å². The fraction of sp³-hybridized carbons (Fsp3) is 0.679. The minimum absolute atomic E-state index is 0.107. The number of benzene rings is 1. The molecular formula is C56H93N13O15. The van der Waals surface area contributed by atoms with E-state index in [1.807, 2.05) is 30.3 Å². The van der Waals surface area contributed by atoms with Gasteiger partial charge in [0.25, 0.3) is 0 Å². The Kier molecular flexibility index (Phi) is 31.6. The number of hydrogen-bond donors (Lipinski definition) is 15. The SMILES string of the molecule is CC[C@@H](C)[C@@H](NC(=O)[C@@H](CCC(N)=O)NC(=O)[C@H](CO)NC(=O)[C@@H](NC(=O)[C@@H](Cc1ccccc1)NC)C(C)C)C(=O)N[C@H](C(=O)N[C@@H](CO)C(=O)N[C@H]1C(=O)N[C@@H](C)C(=O)N[C@@H](CCCN)C(=O)N[C@@H]([C@@H](C)CC)C(=O)O[C@H]1C)[C@@H](C)CC. The Morgan fingerprint density at radius 2 is 1.12 bits per heavy atom. The topological polar surface area (TPSA) is 439 Å². The number of esters is 1. The van der Waals surface area contributed by atoms with Gasteiger partial charge in [0.1, 0.15) is 66.5 Å². The molecule has 11 amide bonds. The van der Waals surface area contributed by atoms with Crippen molar-refractivity contribution in [2.45, 2.75) is 193 Å². The van der Waals surface area contributed by atoms with Crippen LogP contribution in [0.5, 0.6) is 0 Å². The molecule has 1 aromatic carbocycles. The van der Waals surface area contributed by atoms with Crippen LogP contribution in [0, 0.1) is 23.7 Å². The summed E-state index contributed by atoms with van der Waals surface area (Å²) in [5.41, 5.74) is 12.0. The summed E-state index contributed by atoms with van der Waals surface area (Å²) in [6.45, 7) is 14.1. The Bertz CT molecular complexity index is 2400. The van der Waals surface area contributed by atoms with Crippen molar-refractivity contribution in [2.75, 3.05) is 26.8 Å². The monoisotopic (exact) mass is 1190 g/mol. The van der Waals surface area contributed by atoms with Crippen LogP contribution in [-0.2, 0) is 68.7 Å². The lowest BCUT2D eigenvalue weighted by Gasteiger charge is -2.31. The number of cyclic esters (lactones) is 1. The van der Waals surface area contributed by atoms with Crippen molar-refractivity contribution >= 4 is 70.9 Å². The maximum absolute atomic E-state index is 14.3. The lowest BCUT2D eigenvalue weighted by molar-refractivity contribution is -0.157. The van der Waals surface area contributed by atoms with Gasteiger partial charge in [-0.1, -0.05) is 105 Å². The number of likely N-dealkylation sites (N-methyl/N-ethyl adjacent to an activating group) is 1. The van der Waals surface area contributed by atoms with Gasteiger partial charge in [-0.15, -0.1) is 0 Å². The molecular weight excluding hydrogens is 1090 g/mol. The molecule has 17 N–H and O–H groups in total. The molecule has 1 aromatic rings. The molecule has 0 spiro atoms. The summed E-state index contributed by atoms with van der Waals surface area (Å²) in [7, 11) is 1.59. The number of ether oxygens (including phenoxy) is 1. The molecule has 1 saturated heterocycles. The number of hydrogen-bond acceptors (Lipinski definition) is 17. The van der Waals surface area contributed by atoms with E-state index in [4.69, 9.17) is 16.2 Å². The highest BCUT2D eigenvalue weighted by molar-refractivity contribution is 5.99. The number of carbonyl (C=O) groups is 12. The van der Waals surface area contributed by atoms with Gasteiger partial charge in [-0.05, 0) is 82.4 Å². The molecule has 1 aliphatic heterocycles. The minimum atomic E-state index is -1.81. The third kappa shape index (κ3) is 22.7. The maximum Gasteiger partial charge on any atom is 0.329 e. The Balaban J connectivity index is 2.39. The summed E-state index contributed by atoms with van der Waals surface area (Å²) < 4.78 is 5.68. The summed E-state index contributed by atoms with van der Waals surface area (Å²) in [4.78, 5) is 164. The number of aliphatic hydroxyl groups is 2. The molecule has 1 fully saturated rings. The van der Waals surface area contributed by atoms with Crippen molar-refractivity contribution in [3.63, 3.8) is 0 Å². The number of nitrogens with one attached hydrogen (secondary N) is 11. The summed E-state index contributed by atoms with van der Waals surface area (Å²) in [5, 5.41) is 49.0. The van der Waals surface area contributed by atoms with Crippen LogP contribution in [0.4, 0.5) is 0 Å². The van der Waals surface area contributed by atoms with E-state index in [2.05, 4.69) is 58.5 Å². The van der Waals surface area contributed by atoms with Gasteiger partial charge in [-0.3, -0.25) is 52.7 Å². The average molecular weight is 1190 g/mol. The highest BCUT2D eigenvalue weighted by Gasteiger charge is 2.41. The largest absolute Gasteiger partial charge is 0.458 e. The lowest BCUT2D eigenvalue weighted by Crippen LogP contribution is -2.63. The normalized spacial score (nSPS) is 21.2. The van der Waals surface area contributed by atoms with E-state index in [9.17, 15) is 67.7 Å². The highest BCUT2D eigenvalue weighted by atomic mass is 16.5. The molecule has 2 rings (SSSR count). The van der Waals surface area contributed by atoms with Crippen LogP contribution in [0.1, 0.15) is 120 Å². The first kappa shape index (κ1) is 72.8. The first-order valence-electron chi connectivity index (χ1n) is 28.8.